The zero-order valence-electron chi connectivity index (χ0n) is 22.0. The number of pyridine rings is 1. The molecule has 1 atom stereocenters. The van der Waals surface area contributed by atoms with Crippen LogP contribution in [0.25, 0.3) is 0 Å². The van der Waals surface area contributed by atoms with Crippen LogP contribution in [0.2, 0.25) is 0 Å². The van der Waals surface area contributed by atoms with Crippen LogP contribution in [0.15, 0.2) is 36.4 Å². The van der Waals surface area contributed by atoms with Crippen LogP contribution in [0.3, 0.4) is 0 Å². The summed E-state index contributed by atoms with van der Waals surface area (Å²) < 4.78 is 7.70. The zero-order chi connectivity index (χ0) is 26.6. The Morgan fingerprint density at radius 2 is 2.05 bits per heavy atom. The largest absolute Gasteiger partial charge is 0.481 e. The molecule has 0 saturated heterocycles. The van der Waals surface area contributed by atoms with Crippen LogP contribution >= 0.6 is 0 Å². The molecule has 0 saturated carbocycles. The molecule has 1 aromatic carbocycles. The first kappa shape index (κ1) is 26.2. The first-order chi connectivity index (χ1) is 17.6. The molecule has 194 valence electrons. The molecule has 1 unspecified atom stereocenters. The van der Waals surface area contributed by atoms with Gasteiger partial charge in [-0.15, -0.1) is 0 Å². The third-order valence-corrected chi connectivity index (χ3v) is 6.75. The summed E-state index contributed by atoms with van der Waals surface area (Å²) in [6.07, 6.45) is 3.25. The number of aliphatic carboxylic acids is 1. The molecule has 0 fully saturated rings. The molecule has 1 aliphatic heterocycles. The Bertz CT molecular complexity index is 1320. The van der Waals surface area contributed by atoms with Crippen LogP contribution in [0.4, 0.5) is 5.82 Å². The maximum atomic E-state index is 11.7. The Hall–Kier alpha value is -3.86. The van der Waals surface area contributed by atoms with E-state index in [1.807, 2.05) is 25.2 Å². The van der Waals surface area contributed by atoms with Crippen molar-refractivity contribution in [3.63, 3.8) is 0 Å². The lowest BCUT2D eigenvalue weighted by Crippen LogP contribution is -2.15. The van der Waals surface area contributed by atoms with Crippen molar-refractivity contribution in [2.75, 3.05) is 18.5 Å². The molecule has 0 bridgehead atoms. The molecule has 0 amide bonds. The van der Waals surface area contributed by atoms with Gasteiger partial charge in [-0.3, -0.25) is 4.79 Å². The molecule has 2 aromatic heterocycles. The average molecular weight is 502 g/mol. The summed E-state index contributed by atoms with van der Waals surface area (Å²) in [5.41, 5.74) is 5.21. The zero-order valence-corrected chi connectivity index (χ0v) is 22.0. The summed E-state index contributed by atoms with van der Waals surface area (Å²) in [5, 5.41) is 27.1. The van der Waals surface area contributed by atoms with Crippen LogP contribution in [-0.2, 0) is 36.5 Å². The number of hydrogen-bond acceptors (Lipinski definition) is 6. The van der Waals surface area contributed by atoms with E-state index < -0.39 is 5.97 Å². The van der Waals surface area contributed by atoms with Gasteiger partial charge in [0, 0.05) is 31.8 Å². The predicted octanol–water partition coefficient (Wildman–Crippen LogP) is 4.76. The van der Waals surface area contributed by atoms with Crippen LogP contribution in [0.5, 0.6) is 5.88 Å². The third-order valence-electron chi connectivity index (χ3n) is 6.75. The highest BCUT2D eigenvalue weighted by Gasteiger charge is 2.23. The van der Waals surface area contributed by atoms with Crippen LogP contribution < -0.4 is 10.1 Å². The van der Waals surface area contributed by atoms with E-state index >= 15 is 0 Å². The number of benzene rings is 1. The van der Waals surface area contributed by atoms with Gasteiger partial charge >= 0.3 is 5.97 Å². The molecule has 8 nitrogen and oxygen atoms in total. The number of nitriles is 1. The average Bonchev–Trinajstić information content (AvgIpc) is 3.21. The normalized spacial score (nSPS) is 13.8. The Morgan fingerprint density at radius 3 is 2.78 bits per heavy atom. The second kappa shape index (κ2) is 11.0. The summed E-state index contributed by atoms with van der Waals surface area (Å²) in [6.45, 7) is 7.66. The van der Waals surface area contributed by atoms with Gasteiger partial charge in [-0.1, -0.05) is 32.9 Å². The van der Waals surface area contributed by atoms with Crippen molar-refractivity contribution in [3.8, 4) is 11.9 Å². The van der Waals surface area contributed by atoms with E-state index in [0.29, 0.717) is 30.9 Å². The first-order valence-electron chi connectivity index (χ1n) is 12.8. The Kier molecular flexibility index (Phi) is 7.82. The van der Waals surface area contributed by atoms with Crippen molar-refractivity contribution in [2.24, 2.45) is 7.05 Å². The lowest BCUT2D eigenvalue weighted by molar-refractivity contribution is -0.137. The molecule has 37 heavy (non-hydrogen) atoms. The van der Waals surface area contributed by atoms with Gasteiger partial charge in [-0.25, -0.2) is 9.67 Å². The fourth-order valence-corrected chi connectivity index (χ4v) is 4.67. The van der Waals surface area contributed by atoms with Gasteiger partial charge in [-0.2, -0.15) is 10.4 Å². The number of fused-ring (bicyclic) bond motifs is 1. The highest BCUT2D eigenvalue weighted by atomic mass is 16.5. The number of carboxylic acid groups (broad SMARTS) is 1. The number of hydrogen-bond donors (Lipinski definition) is 2. The highest BCUT2D eigenvalue weighted by molar-refractivity contribution is 5.68. The quantitative estimate of drug-likeness (QED) is 0.434. The van der Waals surface area contributed by atoms with E-state index in [2.05, 4.69) is 49.4 Å². The van der Waals surface area contributed by atoms with Crippen LogP contribution in [0.1, 0.15) is 73.2 Å². The number of rotatable bonds is 9. The maximum absolute atomic E-state index is 11.7. The first-order valence-corrected chi connectivity index (χ1v) is 12.8. The van der Waals surface area contributed by atoms with Crippen molar-refractivity contribution in [1.29, 1.82) is 5.26 Å². The standard InChI is InChI=1S/C29H35N5O3/c1-29(2,3)23-13-19(18-30)12-21(14-23)22(16-27(35)36)15-25-17-26(34(4)33-25)37-11-9-24-8-7-20-6-5-10-31-28(20)32-24/h7-8,12-14,17,22H,5-6,9-11,15-16H2,1-4H3,(H,31,32)(H,35,36). The molecule has 8 heteroatoms. The van der Waals surface area contributed by atoms with Crippen LogP contribution in [0, 0.1) is 11.3 Å². The van der Waals surface area contributed by atoms with Crippen molar-refractivity contribution < 1.29 is 14.6 Å². The van der Waals surface area contributed by atoms with Crippen molar-refractivity contribution in [1.82, 2.24) is 14.8 Å². The van der Waals surface area contributed by atoms with E-state index in [9.17, 15) is 15.2 Å². The number of nitrogens with zero attached hydrogens (tertiary/aromatic N) is 4. The molecular weight excluding hydrogens is 466 g/mol. The van der Waals surface area contributed by atoms with E-state index in [0.717, 1.165) is 47.7 Å². The fraction of sp³-hybridized carbons (Fsp3) is 0.448. The lowest BCUT2D eigenvalue weighted by atomic mass is 9.82. The number of nitrogens with one attached hydrogen (secondary N) is 1. The maximum Gasteiger partial charge on any atom is 0.303 e. The van der Waals surface area contributed by atoms with Gasteiger partial charge in [-0.05, 0) is 65.5 Å². The number of aromatic nitrogens is 3. The van der Waals surface area contributed by atoms with E-state index in [-0.39, 0.29) is 17.8 Å². The smallest absolute Gasteiger partial charge is 0.303 e. The second-order valence-electron chi connectivity index (χ2n) is 10.7. The minimum Gasteiger partial charge on any atom is -0.481 e. The topological polar surface area (TPSA) is 113 Å². The lowest BCUT2D eigenvalue weighted by Gasteiger charge is -2.23. The van der Waals surface area contributed by atoms with Crippen LogP contribution in [-0.4, -0.2) is 39.0 Å². The van der Waals surface area contributed by atoms with Gasteiger partial charge in [0.15, 0.2) is 0 Å². The number of ether oxygens (including phenoxy) is 1. The number of carboxylic acids is 1. The number of aryl methyl sites for hydroxylation is 2. The van der Waals surface area contributed by atoms with Gasteiger partial charge < -0.3 is 15.2 Å². The van der Waals surface area contributed by atoms with E-state index in [4.69, 9.17) is 9.72 Å². The molecule has 3 heterocycles. The van der Waals surface area contributed by atoms with E-state index in [1.54, 1.807) is 10.7 Å². The molecule has 1 aliphatic rings. The molecule has 0 spiro atoms. The van der Waals surface area contributed by atoms with Crippen molar-refractivity contribution in [2.45, 2.75) is 64.2 Å². The SMILES string of the molecule is Cn1nc(CC(CC(=O)O)c2cc(C#N)cc(C(C)(C)C)c2)cc1OCCc1ccc2c(n1)NCCC2. The third kappa shape index (κ3) is 6.67. The summed E-state index contributed by atoms with van der Waals surface area (Å²) in [6, 6.07) is 14.0. The molecule has 0 radical (unpaired) electrons. The van der Waals surface area contributed by atoms with Crippen molar-refractivity contribution >= 4 is 11.8 Å². The molecule has 2 N–H and O–H groups in total. The second-order valence-corrected chi connectivity index (χ2v) is 10.7. The van der Waals surface area contributed by atoms with Gasteiger partial charge in [0.25, 0.3) is 0 Å². The minimum atomic E-state index is -0.885. The summed E-state index contributed by atoms with van der Waals surface area (Å²) >= 11 is 0. The molecular formula is C29H35N5O3. The summed E-state index contributed by atoms with van der Waals surface area (Å²) in [5.74, 6) is 0.401. The number of anilines is 1. The summed E-state index contributed by atoms with van der Waals surface area (Å²) in [4.78, 5) is 16.4. The molecule has 4 rings (SSSR count). The van der Waals surface area contributed by atoms with Crippen molar-refractivity contribution in [3.05, 3.63) is 70.0 Å². The molecule has 3 aromatic rings. The van der Waals surface area contributed by atoms with Gasteiger partial charge in [0.05, 0.1) is 30.4 Å². The Balaban J connectivity index is 1.47. The number of carbonyl (C=O) groups is 1. The minimum absolute atomic E-state index is 0.0523. The van der Waals surface area contributed by atoms with Gasteiger partial charge in [0.1, 0.15) is 5.82 Å². The van der Waals surface area contributed by atoms with Gasteiger partial charge in [0.2, 0.25) is 5.88 Å². The Labute approximate surface area is 218 Å². The fourth-order valence-electron chi connectivity index (χ4n) is 4.67. The summed E-state index contributed by atoms with van der Waals surface area (Å²) in [7, 11) is 1.82. The molecule has 0 aliphatic carbocycles. The Morgan fingerprint density at radius 1 is 1.24 bits per heavy atom. The predicted molar refractivity (Wildman–Crippen MR) is 142 cm³/mol. The monoisotopic (exact) mass is 501 g/mol. The highest BCUT2D eigenvalue weighted by Crippen LogP contribution is 2.31. The van der Waals surface area contributed by atoms with E-state index in [1.165, 1.54) is 5.56 Å².